The third-order valence-electron chi connectivity index (χ3n) is 4.82. The summed E-state index contributed by atoms with van der Waals surface area (Å²) in [5, 5.41) is 7.92. The van der Waals surface area contributed by atoms with Crippen LogP contribution < -0.4 is 10.1 Å². The third kappa shape index (κ3) is 6.10. The van der Waals surface area contributed by atoms with Gasteiger partial charge in [-0.3, -0.25) is 15.0 Å². The van der Waals surface area contributed by atoms with Crippen LogP contribution in [0.2, 0.25) is 0 Å². The molecule has 0 aliphatic carbocycles. The molecule has 3 aromatic rings. The molecule has 9 heteroatoms. The van der Waals surface area contributed by atoms with E-state index in [9.17, 15) is 4.79 Å². The lowest BCUT2D eigenvalue weighted by atomic mass is 10.2. The smallest absolute Gasteiger partial charge is 0.276 e. The number of rotatable bonds is 7. The van der Waals surface area contributed by atoms with Crippen molar-refractivity contribution in [3.63, 3.8) is 0 Å². The molecule has 0 bridgehead atoms. The highest BCUT2D eigenvalue weighted by molar-refractivity contribution is 7.14. The summed E-state index contributed by atoms with van der Waals surface area (Å²) in [5.74, 6) is 0.526. The zero-order valence-electron chi connectivity index (χ0n) is 17.8. The fourth-order valence-electron chi connectivity index (χ4n) is 3.50. The second-order valence-corrected chi connectivity index (χ2v) is 9.58. The Balaban J connectivity index is 1.29. The first-order valence-electron chi connectivity index (χ1n) is 10.2. The molecule has 1 aromatic carbocycles. The predicted molar refractivity (Wildman–Crippen MR) is 123 cm³/mol. The number of hydrogen-bond acceptors (Lipinski definition) is 8. The van der Waals surface area contributed by atoms with Crippen LogP contribution in [0.3, 0.4) is 0 Å². The lowest BCUT2D eigenvalue weighted by molar-refractivity contribution is -0.0707. The molecule has 3 heterocycles. The van der Waals surface area contributed by atoms with Crippen molar-refractivity contribution >= 4 is 33.7 Å². The van der Waals surface area contributed by atoms with Gasteiger partial charge in [0.15, 0.2) is 5.13 Å². The summed E-state index contributed by atoms with van der Waals surface area (Å²) in [6.45, 7) is 9.06. The van der Waals surface area contributed by atoms with E-state index >= 15 is 0 Å². The number of carbonyl (C=O) groups excluding carboxylic acids is 1. The van der Waals surface area contributed by atoms with Crippen molar-refractivity contribution in [3.05, 3.63) is 57.0 Å². The van der Waals surface area contributed by atoms with Gasteiger partial charge in [0, 0.05) is 30.4 Å². The van der Waals surface area contributed by atoms with Gasteiger partial charge in [-0.25, -0.2) is 9.97 Å². The van der Waals surface area contributed by atoms with Crippen LogP contribution in [0.25, 0.3) is 0 Å². The van der Waals surface area contributed by atoms with E-state index in [2.05, 4.69) is 34.0 Å². The fourth-order valence-corrected chi connectivity index (χ4v) is 4.88. The predicted octanol–water partition coefficient (Wildman–Crippen LogP) is 4.35. The summed E-state index contributed by atoms with van der Waals surface area (Å²) in [4.78, 5) is 23.8. The zero-order valence-corrected chi connectivity index (χ0v) is 19.5. The average molecular weight is 459 g/mol. The number of hydrogen-bond donors (Lipinski definition) is 1. The maximum absolute atomic E-state index is 12.6. The first-order valence-corrected chi connectivity index (χ1v) is 12.0. The Hall–Kier alpha value is -2.33. The Morgan fingerprint density at radius 1 is 1.16 bits per heavy atom. The van der Waals surface area contributed by atoms with E-state index in [1.165, 1.54) is 28.2 Å². The van der Waals surface area contributed by atoms with E-state index in [0.717, 1.165) is 36.1 Å². The number of nitrogens with one attached hydrogen (secondary N) is 1. The van der Waals surface area contributed by atoms with Gasteiger partial charge >= 0.3 is 0 Å². The molecule has 1 aliphatic heterocycles. The molecular weight excluding hydrogens is 432 g/mol. The standard InChI is InChI=1S/C22H26N4O3S2/c1-14-4-6-18(7-5-14)28-11-20-24-19(13-30-20)21(27)25-22-23-17(12-31-22)10-26-8-15(2)29-16(3)9-26/h4-7,12-13,15-16H,8-11H2,1-3H3,(H,23,25,27). The number of ether oxygens (including phenoxy) is 2. The van der Waals surface area contributed by atoms with Crippen molar-refractivity contribution in [3.8, 4) is 5.75 Å². The topological polar surface area (TPSA) is 76.6 Å². The largest absolute Gasteiger partial charge is 0.486 e. The molecule has 0 radical (unpaired) electrons. The van der Waals surface area contributed by atoms with Crippen molar-refractivity contribution in [2.45, 2.75) is 46.1 Å². The number of carbonyl (C=O) groups is 1. The Morgan fingerprint density at radius 2 is 1.90 bits per heavy atom. The number of benzene rings is 1. The highest BCUT2D eigenvalue weighted by Gasteiger charge is 2.23. The molecular formula is C22H26N4O3S2. The fraction of sp³-hybridized carbons (Fsp3) is 0.409. The molecule has 164 valence electrons. The quantitative estimate of drug-likeness (QED) is 0.567. The van der Waals surface area contributed by atoms with Crippen LogP contribution >= 0.6 is 22.7 Å². The minimum atomic E-state index is -0.257. The molecule has 1 N–H and O–H groups in total. The maximum Gasteiger partial charge on any atom is 0.276 e. The van der Waals surface area contributed by atoms with E-state index in [1.807, 2.05) is 36.6 Å². The van der Waals surface area contributed by atoms with Crippen LogP contribution in [-0.2, 0) is 17.9 Å². The first-order chi connectivity index (χ1) is 14.9. The minimum absolute atomic E-state index is 0.218. The van der Waals surface area contributed by atoms with Gasteiger partial charge in [-0.15, -0.1) is 22.7 Å². The third-order valence-corrected chi connectivity index (χ3v) is 6.45. The van der Waals surface area contributed by atoms with Crippen molar-refractivity contribution in [2.24, 2.45) is 0 Å². The summed E-state index contributed by atoms with van der Waals surface area (Å²) in [5.41, 5.74) is 2.51. The monoisotopic (exact) mass is 458 g/mol. The average Bonchev–Trinajstić information content (AvgIpc) is 3.36. The second kappa shape index (κ2) is 9.86. The van der Waals surface area contributed by atoms with Gasteiger partial charge in [0.05, 0.1) is 17.9 Å². The summed E-state index contributed by atoms with van der Waals surface area (Å²) in [6.07, 6.45) is 0.436. The van der Waals surface area contributed by atoms with Crippen molar-refractivity contribution in [2.75, 3.05) is 18.4 Å². The van der Waals surface area contributed by atoms with Gasteiger partial charge < -0.3 is 9.47 Å². The number of amides is 1. The lowest BCUT2D eigenvalue weighted by Crippen LogP contribution is -2.44. The van der Waals surface area contributed by atoms with Crippen molar-refractivity contribution in [1.29, 1.82) is 0 Å². The number of anilines is 1. The van der Waals surface area contributed by atoms with Gasteiger partial charge in [0.2, 0.25) is 0 Å². The van der Waals surface area contributed by atoms with Crippen LogP contribution in [0.4, 0.5) is 5.13 Å². The number of nitrogens with zero attached hydrogens (tertiary/aromatic N) is 3. The molecule has 0 saturated carbocycles. The minimum Gasteiger partial charge on any atom is -0.486 e. The lowest BCUT2D eigenvalue weighted by Gasteiger charge is -2.34. The molecule has 7 nitrogen and oxygen atoms in total. The Morgan fingerprint density at radius 3 is 2.65 bits per heavy atom. The number of morpholine rings is 1. The van der Waals surface area contributed by atoms with Gasteiger partial charge in [0.25, 0.3) is 5.91 Å². The second-order valence-electron chi connectivity index (χ2n) is 7.78. The van der Waals surface area contributed by atoms with Gasteiger partial charge in [-0.1, -0.05) is 17.7 Å². The summed E-state index contributed by atoms with van der Waals surface area (Å²) in [7, 11) is 0. The summed E-state index contributed by atoms with van der Waals surface area (Å²) >= 11 is 2.84. The van der Waals surface area contributed by atoms with E-state index in [4.69, 9.17) is 9.47 Å². The molecule has 1 amide bonds. The van der Waals surface area contributed by atoms with Crippen LogP contribution in [-0.4, -0.2) is 46.1 Å². The van der Waals surface area contributed by atoms with Gasteiger partial charge in [-0.2, -0.15) is 0 Å². The van der Waals surface area contributed by atoms with Gasteiger partial charge in [-0.05, 0) is 32.9 Å². The van der Waals surface area contributed by atoms with Crippen molar-refractivity contribution < 1.29 is 14.3 Å². The van der Waals surface area contributed by atoms with E-state index in [-0.39, 0.29) is 18.1 Å². The van der Waals surface area contributed by atoms with Gasteiger partial charge in [0.1, 0.15) is 23.1 Å². The number of aryl methyl sites for hydroxylation is 1. The molecule has 4 rings (SSSR count). The molecule has 2 atom stereocenters. The first kappa shape index (κ1) is 21.9. The Bertz CT molecular complexity index is 1010. The maximum atomic E-state index is 12.6. The van der Waals surface area contributed by atoms with Crippen molar-refractivity contribution in [1.82, 2.24) is 14.9 Å². The Kier molecular flexibility index (Phi) is 6.96. The Labute approximate surface area is 190 Å². The molecule has 1 aliphatic rings. The van der Waals surface area contributed by atoms with E-state index in [1.54, 1.807) is 5.38 Å². The zero-order chi connectivity index (χ0) is 21.8. The molecule has 1 fully saturated rings. The number of thiazole rings is 2. The van der Waals surface area contributed by atoms with E-state index in [0.29, 0.717) is 17.4 Å². The molecule has 1 saturated heterocycles. The molecule has 0 spiro atoms. The van der Waals surface area contributed by atoms with E-state index < -0.39 is 0 Å². The summed E-state index contributed by atoms with van der Waals surface area (Å²) < 4.78 is 11.5. The van der Waals surface area contributed by atoms with Crippen LogP contribution in [0.1, 0.15) is 40.6 Å². The summed E-state index contributed by atoms with van der Waals surface area (Å²) in [6, 6.07) is 7.85. The molecule has 31 heavy (non-hydrogen) atoms. The number of aromatic nitrogens is 2. The highest BCUT2D eigenvalue weighted by Crippen LogP contribution is 2.21. The molecule has 2 unspecified atom stereocenters. The normalized spacial score (nSPS) is 19.3. The highest BCUT2D eigenvalue weighted by atomic mass is 32.1. The molecule has 2 aromatic heterocycles. The van der Waals surface area contributed by atoms with Crippen LogP contribution in [0.15, 0.2) is 35.0 Å². The SMILES string of the molecule is Cc1ccc(OCc2nc(C(=O)Nc3nc(CN4CC(C)OC(C)C4)cs3)cs2)cc1. The van der Waals surface area contributed by atoms with Crippen LogP contribution in [0, 0.1) is 6.92 Å². The van der Waals surface area contributed by atoms with Crippen LogP contribution in [0.5, 0.6) is 5.75 Å².